The normalized spacial score (nSPS) is 13.9. The molecule has 0 bridgehead atoms. The third-order valence-corrected chi connectivity index (χ3v) is 7.42. The molecule has 0 aromatic heterocycles. The maximum atomic E-state index is 12.0. The van der Waals surface area contributed by atoms with E-state index in [0.717, 1.165) is 39.2 Å². The molecule has 0 N–H and O–H groups in total. The third-order valence-electron chi connectivity index (χ3n) is 2.78. The Morgan fingerprint density at radius 2 is 1.67 bits per heavy atom. The van der Waals surface area contributed by atoms with Crippen molar-refractivity contribution < 1.29 is 8.42 Å². The molecule has 0 saturated carbocycles. The van der Waals surface area contributed by atoms with E-state index in [9.17, 15) is 8.42 Å². The van der Waals surface area contributed by atoms with E-state index in [1.165, 1.54) is 0 Å². The predicted molar refractivity (Wildman–Crippen MR) is 63.1 cm³/mol. The molecule has 3 radical (unpaired) electrons. The Morgan fingerprint density at radius 3 is 2.13 bits per heavy atom. The van der Waals surface area contributed by atoms with Crippen molar-refractivity contribution in [2.24, 2.45) is 0 Å². The minimum absolute atomic E-state index is 0.273. The van der Waals surface area contributed by atoms with Crippen molar-refractivity contribution in [2.45, 2.75) is 35.9 Å². The summed E-state index contributed by atoms with van der Waals surface area (Å²) in [4.78, 5) is 0.495. The molecule has 1 atom stereocenters. The van der Waals surface area contributed by atoms with E-state index in [4.69, 9.17) is 0 Å². The molecule has 0 aliphatic heterocycles. The Balaban J connectivity index is 3.48. The molecule has 0 heterocycles. The van der Waals surface area contributed by atoms with Crippen LogP contribution < -0.4 is 0 Å². The fraction of sp³-hybridized carbons (Fsp3) is 0.455. The van der Waals surface area contributed by atoms with Crippen molar-refractivity contribution in [2.75, 3.05) is 0 Å². The summed E-state index contributed by atoms with van der Waals surface area (Å²) < 4.78 is 23.8. The molecule has 0 spiro atoms. The van der Waals surface area contributed by atoms with Crippen LogP contribution in [0.4, 0.5) is 0 Å². The van der Waals surface area contributed by atoms with Crippen LogP contribution in [0, 0.1) is 20.8 Å². The molecule has 0 aliphatic rings. The van der Waals surface area contributed by atoms with Gasteiger partial charge in [0, 0.05) is 0 Å². The van der Waals surface area contributed by atoms with Gasteiger partial charge in [-0.05, 0) is 0 Å². The van der Waals surface area contributed by atoms with Crippen LogP contribution in [0.15, 0.2) is 17.0 Å². The van der Waals surface area contributed by atoms with Crippen molar-refractivity contribution in [3.8, 4) is 0 Å². The summed E-state index contributed by atoms with van der Waals surface area (Å²) >= 11 is 1.04. The van der Waals surface area contributed by atoms with E-state index in [2.05, 4.69) is 0 Å². The van der Waals surface area contributed by atoms with Crippen LogP contribution >= 0.6 is 0 Å². The summed E-state index contributed by atoms with van der Waals surface area (Å²) in [6, 6.07) is 3.61. The van der Waals surface area contributed by atoms with Gasteiger partial charge in [-0.3, -0.25) is 0 Å². The van der Waals surface area contributed by atoms with E-state index in [1.54, 1.807) is 13.0 Å². The second-order valence-electron chi connectivity index (χ2n) is 3.82. The average molecular weight is 330 g/mol. The molecule has 15 heavy (non-hydrogen) atoms. The van der Waals surface area contributed by atoms with Crippen LogP contribution in [0.3, 0.4) is 0 Å². The molecule has 1 rings (SSSR count). The van der Waals surface area contributed by atoms with E-state index in [-0.39, 0.29) is 3.27 Å². The first-order valence-corrected chi connectivity index (χ1v) is 7.99. The van der Waals surface area contributed by atoms with Gasteiger partial charge in [0.2, 0.25) is 0 Å². The Bertz CT molecular complexity index is 476. The van der Waals surface area contributed by atoms with Crippen LogP contribution in [0.5, 0.6) is 0 Å². The fourth-order valence-corrected chi connectivity index (χ4v) is 3.74. The van der Waals surface area contributed by atoms with Crippen molar-refractivity contribution in [3.05, 3.63) is 28.8 Å². The Morgan fingerprint density at radius 1 is 1.13 bits per heavy atom. The standard InChI is InChI=1S/C11H15O2S.Sn/c1-5-14(12,13)11-7-6-8(2)9(3)10(11)4;/h5-7H,1-4H3;. The number of hydrogen-bond acceptors (Lipinski definition) is 2. The van der Waals surface area contributed by atoms with Crippen molar-refractivity contribution in [1.82, 2.24) is 0 Å². The van der Waals surface area contributed by atoms with Crippen LogP contribution in [-0.2, 0) is 9.84 Å². The molecule has 0 aliphatic carbocycles. The summed E-state index contributed by atoms with van der Waals surface area (Å²) in [7, 11) is -3.11. The van der Waals surface area contributed by atoms with Gasteiger partial charge in [-0.25, -0.2) is 0 Å². The first-order chi connectivity index (χ1) is 6.78. The first-order valence-electron chi connectivity index (χ1n) is 4.80. The molecule has 0 amide bonds. The van der Waals surface area contributed by atoms with E-state index >= 15 is 0 Å². The van der Waals surface area contributed by atoms with Gasteiger partial charge < -0.3 is 0 Å². The minimum atomic E-state index is -3.11. The van der Waals surface area contributed by atoms with E-state index < -0.39 is 9.84 Å². The van der Waals surface area contributed by atoms with Gasteiger partial charge in [0.15, 0.2) is 0 Å². The van der Waals surface area contributed by atoms with Crippen LogP contribution in [0.1, 0.15) is 23.6 Å². The van der Waals surface area contributed by atoms with E-state index in [1.807, 2.05) is 26.8 Å². The SMILES string of the molecule is Cc1ccc(S(=O)(=O)[CH](C)[Sn])c(C)c1C. The fourth-order valence-electron chi connectivity index (χ4n) is 1.43. The topological polar surface area (TPSA) is 34.1 Å². The van der Waals surface area contributed by atoms with E-state index in [0.29, 0.717) is 4.90 Å². The van der Waals surface area contributed by atoms with Crippen LogP contribution in [0.25, 0.3) is 0 Å². The number of aryl methyl sites for hydroxylation is 1. The van der Waals surface area contributed by atoms with Gasteiger partial charge >= 0.3 is 105 Å². The molecule has 4 heteroatoms. The number of benzene rings is 1. The molecule has 0 fully saturated rings. The molecule has 1 unspecified atom stereocenters. The molecular formula is C11H15O2SSn. The molecule has 1 aromatic carbocycles. The van der Waals surface area contributed by atoms with Gasteiger partial charge in [0.25, 0.3) is 0 Å². The molecule has 0 saturated heterocycles. The number of rotatable bonds is 2. The van der Waals surface area contributed by atoms with Crippen LogP contribution in [0.2, 0.25) is 0 Å². The number of sulfone groups is 1. The molecular weight excluding hydrogens is 315 g/mol. The summed E-state index contributed by atoms with van der Waals surface area (Å²) in [5.41, 5.74) is 3.11. The predicted octanol–water partition coefficient (Wildman–Crippen LogP) is 1.90. The average Bonchev–Trinajstić information content (AvgIpc) is 2.13. The summed E-state index contributed by atoms with van der Waals surface area (Å²) in [5, 5.41) is 0. The first kappa shape index (κ1) is 13.0. The molecule has 2 nitrogen and oxygen atoms in total. The van der Waals surface area contributed by atoms with Gasteiger partial charge in [-0.1, -0.05) is 0 Å². The van der Waals surface area contributed by atoms with Gasteiger partial charge in [0.1, 0.15) is 0 Å². The molecule has 1 aromatic rings. The monoisotopic (exact) mass is 331 g/mol. The Labute approximate surface area is 105 Å². The van der Waals surface area contributed by atoms with Crippen molar-refractivity contribution in [1.29, 1.82) is 0 Å². The summed E-state index contributed by atoms with van der Waals surface area (Å²) in [5.74, 6) is 0. The summed E-state index contributed by atoms with van der Waals surface area (Å²) in [6.07, 6.45) is 0. The van der Waals surface area contributed by atoms with Gasteiger partial charge in [-0.2, -0.15) is 0 Å². The Hall–Kier alpha value is -0.0313. The quantitative estimate of drug-likeness (QED) is 0.777. The maximum absolute atomic E-state index is 12.0. The van der Waals surface area contributed by atoms with Crippen LogP contribution in [-0.4, -0.2) is 34.2 Å². The zero-order chi connectivity index (χ0) is 11.8. The third kappa shape index (κ3) is 2.38. The second-order valence-corrected chi connectivity index (χ2v) is 9.72. The summed E-state index contributed by atoms with van der Waals surface area (Å²) in [6.45, 7) is 7.60. The number of hydrogen-bond donors (Lipinski definition) is 0. The van der Waals surface area contributed by atoms with Gasteiger partial charge in [-0.15, -0.1) is 0 Å². The van der Waals surface area contributed by atoms with Gasteiger partial charge in [0.05, 0.1) is 0 Å². The zero-order valence-corrected chi connectivity index (χ0v) is 13.1. The molecule has 81 valence electrons. The zero-order valence-electron chi connectivity index (χ0n) is 9.46. The van der Waals surface area contributed by atoms with Crippen molar-refractivity contribution in [3.63, 3.8) is 0 Å². The second kappa shape index (κ2) is 4.45. The van der Waals surface area contributed by atoms with Crippen molar-refractivity contribution >= 4 is 32.4 Å². The Kier molecular flexibility index (Phi) is 3.87.